The van der Waals surface area contributed by atoms with E-state index in [4.69, 9.17) is 4.52 Å². The lowest BCUT2D eigenvalue weighted by molar-refractivity contribution is 0.238. The number of imidazole rings is 1. The zero-order chi connectivity index (χ0) is 17.6. The van der Waals surface area contributed by atoms with Crippen molar-refractivity contribution in [3.8, 4) is 5.82 Å². The Hall–Kier alpha value is -3.43. The molecule has 0 fully saturated rings. The fourth-order valence-corrected chi connectivity index (χ4v) is 2.08. The molecule has 0 saturated heterocycles. The molecule has 0 aliphatic carbocycles. The van der Waals surface area contributed by atoms with Gasteiger partial charge in [-0.3, -0.25) is 4.57 Å². The van der Waals surface area contributed by atoms with E-state index in [2.05, 4.69) is 30.7 Å². The topological polar surface area (TPSA) is 114 Å². The van der Waals surface area contributed by atoms with Crippen LogP contribution in [0.4, 0.5) is 10.7 Å². The van der Waals surface area contributed by atoms with Gasteiger partial charge >= 0.3 is 6.03 Å². The Morgan fingerprint density at radius 3 is 2.84 bits per heavy atom. The molecule has 2 N–H and O–H groups in total. The van der Waals surface area contributed by atoms with Crippen LogP contribution >= 0.6 is 0 Å². The SMILES string of the molecule is CN(C)c1noc(CNC(=O)NCc2cccnc2-n2ccnc2)n1. The van der Waals surface area contributed by atoms with Gasteiger partial charge in [-0.2, -0.15) is 4.98 Å². The summed E-state index contributed by atoms with van der Waals surface area (Å²) in [7, 11) is 3.61. The van der Waals surface area contributed by atoms with E-state index >= 15 is 0 Å². The van der Waals surface area contributed by atoms with Gasteiger partial charge in [0.05, 0.1) is 6.54 Å². The number of nitrogens with zero attached hydrogens (tertiary/aromatic N) is 6. The van der Waals surface area contributed by atoms with Gasteiger partial charge in [-0.05, 0) is 11.2 Å². The number of pyridine rings is 1. The summed E-state index contributed by atoms with van der Waals surface area (Å²) in [6.07, 6.45) is 6.81. The minimum atomic E-state index is -0.343. The molecule has 0 aliphatic heterocycles. The molecule has 3 aromatic heterocycles. The van der Waals surface area contributed by atoms with Gasteiger partial charge in [-0.25, -0.2) is 14.8 Å². The molecule has 25 heavy (non-hydrogen) atoms. The first kappa shape index (κ1) is 16.4. The number of anilines is 1. The van der Waals surface area contributed by atoms with E-state index in [9.17, 15) is 4.79 Å². The smallest absolute Gasteiger partial charge is 0.315 e. The fraction of sp³-hybridized carbons (Fsp3) is 0.267. The maximum Gasteiger partial charge on any atom is 0.315 e. The van der Waals surface area contributed by atoms with Crippen LogP contribution in [0.1, 0.15) is 11.5 Å². The van der Waals surface area contributed by atoms with Crippen molar-refractivity contribution in [2.45, 2.75) is 13.1 Å². The molecule has 130 valence electrons. The Morgan fingerprint density at radius 2 is 2.12 bits per heavy atom. The first-order chi connectivity index (χ1) is 12.1. The maximum atomic E-state index is 12.0. The predicted octanol–water partition coefficient (Wildman–Crippen LogP) is 0.716. The molecule has 3 rings (SSSR count). The molecule has 0 atom stereocenters. The van der Waals surface area contributed by atoms with Gasteiger partial charge in [0, 0.05) is 44.8 Å². The van der Waals surface area contributed by atoms with Crippen LogP contribution in [0.3, 0.4) is 0 Å². The monoisotopic (exact) mass is 342 g/mol. The van der Waals surface area contributed by atoms with Crippen LogP contribution in [-0.4, -0.2) is 44.8 Å². The number of hydrogen-bond donors (Lipinski definition) is 2. The molecule has 3 heterocycles. The van der Waals surface area contributed by atoms with E-state index < -0.39 is 0 Å². The van der Waals surface area contributed by atoms with Crippen molar-refractivity contribution in [1.29, 1.82) is 0 Å². The summed E-state index contributed by atoms with van der Waals surface area (Å²) < 4.78 is 6.83. The largest absolute Gasteiger partial charge is 0.344 e. The Kier molecular flexibility index (Phi) is 4.88. The Labute approximate surface area is 143 Å². The zero-order valence-corrected chi connectivity index (χ0v) is 13.9. The van der Waals surface area contributed by atoms with Crippen LogP contribution in [0, 0.1) is 0 Å². The van der Waals surface area contributed by atoms with Gasteiger partial charge in [-0.1, -0.05) is 6.07 Å². The third kappa shape index (κ3) is 4.10. The molecule has 2 amide bonds. The lowest BCUT2D eigenvalue weighted by atomic mass is 10.2. The van der Waals surface area contributed by atoms with Gasteiger partial charge in [-0.15, -0.1) is 0 Å². The van der Waals surface area contributed by atoms with Gasteiger partial charge in [0.1, 0.15) is 12.1 Å². The summed E-state index contributed by atoms with van der Waals surface area (Å²) in [5, 5.41) is 9.23. The first-order valence-corrected chi connectivity index (χ1v) is 7.57. The third-order valence-electron chi connectivity index (χ3n) is 3.31. The second-order valence-corrected chi connectivity index (χ2v) is 5.37. The van der Waals surface area contributed by atoms with Crippen LogP contribution in [0.5, 0.6) is 0 Å². The predicted molar refractivity (Wildman–Crippen MR) is 89.1 cm³/mol. The number of hydrogen-bond acceptors (Lipinski definition) is 7. The average molecular weight is 342 g/mol. The number of carbonyl (C=O) groups is 1. The molecule has 10 heteroatoms. The van der Waals surface area contributed by atoms with Crippen LogP contribution in [0.2, 0.25) is 0 Å². The van der Waals surface area contributed by atoms with E-state index in [1.54, 1.807) is 48.5 Å². The summed E-state index contributed by atoms with van der Waals surface area (Å²) >= 11 is 0. The number of aromatic nitrogens is 5. The number of amides is 2. The summed E-state index contributed by atoms with van der Waals surface area (Å²) in [6, 6.07) is 3.37. The van der Waals surface area contributed by atoms with E-state index in [-0.39, 0.29) is 12.6 Å². The first-order valence-electron chi connectivity index (χ1n) is 7.57. The van der Waals surface area contributed by atoms with Gasteiger partial charge in [0.2, 0.25) is 5.89 Å². The van der Waals surface area contributed by atoms with Crippen LogP contribution in [-0.2, 0) is 13.1 Å². The number of carbonyl (C=O) groups excluding carboxylic acids is 1. The minimum absolute atomic E-state index is 0.147. The van der Waals surface area contributed by atoms with Crippen LogP contribution in [0.25, 0.3) is 5.82 Å². The van der Waals surface area contributed by atoms with Gasteiger partial charge in [0.15, 0.2) is 0 Å². The molecule has 0 bridgehead atoms. The molecule has 0 radical (unpaired) electrons. The molecule has 0 aliphatic rings. The molecule has 0 aromatic carbocycles. The van der Waals surface area contributed by atoms with Crippen molar-refractivity contribution >= 4 is 12.0 Å². The summed E-state index contributed by atoms with van der Waals surface area (Å²) in [5.74, 6) is 1.50. The molecule has 3 aromatic rings. The van der Waals surface area contributed by atoms with E-state index in [0.717, 1.165) is 5.56 Å². The van der Waals surface area contributed by atoms with E-state index in [0.29, 0.717) is 24.2 Å². The van der Waals surface area contributed by atoms with Crippen molar-refractivity contribution < 1.29 is 9.32 Å². The van der Waals surface area contributed by atoms with Crippen molar-refractivity contribution in [3.05, 3.63) is 48.5 Å². The molecule has 0 saturated carbocycles. The van der Waals surface area contributed by atoms with Crippen LogP contribution < -0.4 is 15.5 Å². The van der Waals surface area contributed by atoms with Crippen molar-refractivity contribution in [3.63, 3.8) is 0 Å². The minimum Gasteiger partial charge on any atom is -0.344 e. The van der Waals surface area contributed by atoms with Crippen molar-refractivity contribution in [1.82, 2.24) is 35.3 Å². The molecular formula is C15H18N8O2. The van der Waals surface area contributed by atoms with Crippen molar-refractivity contribution in [2.75, 3.05) is 19.0 Å². The van der Waals surface area contributed by atoms with Crippen LogP contribution in [0.15, 0.2) is 41.6 Å². The molecular weight excluding hydrogens is 324 g/mol. The highest BCUT2D eigenvalue weighted by Gasteiger charge is 2.10. The highest BCUT2D eigenvalue weighted by atomic mass is 16.5. The number of rotatable bonds is 6. The quantitative estimate of drug-likeness (QED) is 0.678. The standard InChI is InChI=1S/C15H18N8O2/c1-22(2)14-20-12(25-21-14)9-19-15(24)18-8-11-4-3-5-17-13(11)23-7-6-16-10-23/h3-7,10H,8-9H2,1-2H3,(H2,18,19,24). The Morgan fingerprint density at radius 1 is 1.28 bits per heavy atom. The van der Waals surface area contributed by atoms with E-state index in [1.165, 1.54) is 0 Å². The summed E-state index contributed by atoms with van der Waals surface area (Å²) in [4.78, 5) is 26.1. The highest BCUT2D eigenvalue weighted by molar-refractivity contribution is 5.73. The number of nitrogens with one attached hydrogen (secondary N) is 2. The third-order valence-corrected chi connectivity index (χ3v) is 3.31. The summed E-state index contributed by atoms with van der Waals surface area (Å²) in [6.45, 7) is 0.466. The van der Waals surface area contributed by atoms with E-state index in [1.807, 2.05) is 12.1 Å². The Bertz CT molecular complexity index is 828. The fourth-order valence-electron chi connectivity index (χ4n) is 2.08. The molecule has 0 unspecified atom stereocenters. The van der Waals surface area contributed by atoms with Gasteiger partial charge in [0.25, 0.3) is 5.95 Å². The second kappa shape index (κ2) is 7.43. The number of urea groups is 1. The maximum absolute atomic E-state index is 12.0. The Balaban J connectivity index is 1.54. The summed E-state index contributed by atoms with van der Waals surface area (Å²) in [5.41, 5.74) is 0.864. The molecule has 0 spiro atoms. The highest BCUT2D eigenvalue weighted by Crippen LogP contribution is 2.10. The zero-order valence-electron chi connectivity index (χ0n) is 13.9. The van der Waals surface area contributed by atoms with Crippen molar-refractivity contribution in [2.24, 2.45) is 0 Å². The lowest BCUT2D eigenvalue weighted by Crippen LogP contribution is -2.34. The molecule has 10 nitrogen and oxygen atoms in total. The van der Waals surface area contributed by atoms with Gasteiger partial charge < -0.3 is 20.1 Å². The average Bonchev–Trinajstić information content (AvgIpc) is 3.30. The second-order valence-electron chi connectivity index (χ2n) is 5.37. The lowest BCUT2D eigenvalue weighted by Gasteiger charge is -2.10. The normalized spacial score (nSPS) is 10.5.